The summed E-state index contributed by atoms with van der Waals surface area (Å²) < 4.78 is 84.0. The summed E-state index contributed by atoms with van der Waals surface area (Å²) in [5.74, 6) is -2.68. The van der Waals surface area contributed by atoms with Crippen LogP contribution in [0.1, 0.15) is 32.9 Å². The highest BCUT2D eigenvalue weighted by Gasteiger charge is 2.48. The van der Waals surface area contributed by atoms with Gasteiger partial charge in [0.2, 0.25) is 15.9 Å². The summed E-state index contributed by atoms with van der Waals surface area (Å²) >= 11 is 0. The first-order valence-corrected chi connectivity index (χ1v) is 16.7. The zero-order valence-corrected chi connectivity index (χ0v) is 27.0. The molecule has 10 nitrogen and oxygen atoms in total. The molecule has 1 fully saturated rings. The number of aromatic carboxylic acids is 1. The molecule has 3 aromatic carbocycles. The summed E-state index contributed by atoms with van der Waals surface area (Å²) in [6.45, 7) is 1.84. The fourth-order valence-corrected chi connectivity index (χ4v) is 6.63. The number of aromatic nitrogens is 3. The number of hydrogen-bond acceptors (Lipinski definition) is 7. The topological polar surface area (TPSA) is 124 Å². The van der Waals surface area contributed by atoms with Crippen molar-refractivity contribution in [1.29, 1.82) is 0 Å². The van der Waals surface area contributed by atoms with Crippen LogP contribution in [0, 0.1) is 24.4 Å². The van der Waals surface area contributed by atoms with Gasteiger partial charge in [-0.3, -0.25) is 0 Å². The maximum atomic E-state index is 15.7. The third-order valence-corrected chi connectivity index (χ3v) is 9.62. The number of hydrogen-bond donors (Lipinski definition) is 1. The minimum atomic E-state index is -3.47. The van der Waals surface area contributed by atoms with Gasteiger partial charge in [-0.25, -0.2) is 36.4 Å². The van der Waals surface area contributed by atoms with Gasteiger partial charge in [0, 0.05) is 43.8 Å². The van der Waals surface area contributed by atoms with Crippen LogP contribution < -0.4 is 4.74 Å². The van der Waals surface area contributed by atoms with Crippen LogP contribution in [-0.4, -0.2) is 70.4 Å². The van der Waals surface area contributed by atoms with Crippen molar-refractivity contribution in [1.82, 2.24) is 18.8 Å². The summed E-state index contributed by atoms with van der Waals surface area (Å²) in [6.07, 6.45) is 0.921. The SMILES string of the molecule is COC1(Cn2c(Cc3cc(F)c(-c4cccc(OCc5ccc(C)cc5F)n4)cc3F)nc3ccc(C(=O)O)cc32)CN(S(C)(=O)=O)C1. The van der Waals surface area contributed by atoms with Crippen molar-refractivity contribution in [3.63, 3.8) is 0 Å². The highest BCUT2D eigenvalue weighted by Crippen LogP contribution is 2.33. The zero-order valence-electron chi connectivity index (χ0n) is 26.2. The van der Waals surface area contributed by atoms with E-state index in [4.69, 9.17) is 9.47 Å². The van der Waals surface area contributed by atoms with Crippen molar-refractivity contribution in [2.45, 2.75) is 32.1 Å². The van der Waals surface area contributed by atoms with Crippen LogP contribution in [0.3, 0.4) is 0 Å². The molecular formula is C34H31F3N4O6S. The minimum Gasteiger partial charge on any atom is -0.478 e. The number of rotatable bonds is 11. The van der Waals surface area contributed by atoms with Gasteiger partial charge in [-0.1, -0.05) is 18.2 Å². The number of halogens is 3. The number of benzene rings is 3. The summed E-state index contributed by atoms with van der Waals surface area (Å²) in [7, 11) is -2.03. The van der Waals surface area contributed by atoms with Crippen molar-refractivity contribution in [3.05, 3.63) is 112 Å². The molecule has 6 rings (SSSR count). The number of nitrogens with zero attached hydrogens (tertiary/aromatic N) is 4. The van der Waals surface area contributed by atoms with Crippen molar-refractivity contribution < 1.29 is 41.0 Å². The Bertz CT molecular complexity index is 2170. The standard InChI is InChI=1S/C34H31F3N4O6S/c1-20-7-8-22(25(35)11-20)16-47-32-6-4-5-28(39-32)24-15-26(36)23(12-27(24)37)14-31-38-29-10-9-21(33(42)43)13-30(29)41(31)19-34(46-2)17-40(18-34)48(3,44)45/h4-13,15H,14,16-19H2,1-3H3,(H,42,43). The highest BCUT2D eigenvalue weighted by molar-refractivity contribution is 7.88. The molecular weight excluding hydrogens is 649 g/mol. The maximum Gasteiger partial charge on any atom is 0.335 e. The lowest BCUT2D eigenvalue weighted by Crippen LogP contribution is -2.65. The Kier molecular flexibility index (Phi) is 8.75. The highest BCUT2D eigenvalue weighted by atomic mass is 32.2. The first kappa shape index (κ1) is 33.1. The van der Waals surface area contributed by atoms with Crippen LogP contribution in [0.2, 0.25) is 0 Å². The van der Waals surface area contributed by atoms with Gasteiger partial charge in [0.1, 0.15) is 35.5 Å². The second-order valence-corrected chi connectivity index (χ2v) is 13.9. The Morgan fingerprint density at radius 1 is 0.958 bits per heavy atom. The number of carboxylic acid groups (broad SMARTS) is 1. The van der Waals surface area contributed by atoms with E-state index in [1.165, 1.54) is 47.8 Å². The van der Waals surface area contributed by atoms with E-state index in [0.717, 1.165) is 24.0 Å². The quantitative estimate of drug-likeness (QED) is 0.198. The number of ether oxygens (including phenoxy) is 2. The molecule has 1 saturated heterocycles. The van der Waals surface area contributed by atoms with Gasteiger partial charge in [-0.2, -0.15) is 4.31 Å². The van der Waals surface area contributed by atoms with Gasteiger partial charge in [0.25, 0.3) is 0 Å². The van der Waals surface area contributed by atoms with Crippen LogP contribution in [0.5, 0.6) is 5.88 Å². The van der Waals surface area contributed by atoms with Gasteiger partial charge in [-0.15, -0.1) is 0 Å². The minimum absolute atomic E-state index is 0.00248. The van der Waals surface area contributed by atoms with E-state index >= 15 is 8.78 Å². The predicted molar refractivity (Wildman–Crippen MR) is 171 cm³/mol. The molecule has 1 N–H and O–H groups in total. The molecule has 0 unspecified atom stereocenters. The van der Waals surface area contributed by atoms with E-state index in [9.17, 15) is 22.7 Å². The van der Waals surface area contributed by atoms with Gasteiger partial charge in [0.15, 0.2) is 0 Å². The fourth-order valence-electron chi connectivity index (χ4n) is 5.69. The molecule has 1 aliphatic heterocycles. The number of fused-ring (bicyclic) bond motifs is 1. The maximum absolute atomic E-state index is 15.7. The molecule has 250 valence electrons. The second-order valence-electron chi connectivity index (χ2n) is 11.9. The van der Waals surface area contributed by atoms with Crippen molar-refractivity contribution in [2.24, 2.45) is 0 Å². The first-order valence-electron chi connectivity index (χ1n) is 14.8. The van der Waals surface area contributed by atoms with E-state index < -0.39 is 39.0 Å². The van der Waals surface area contributed by atoms with Crippen LogP contribution in [0.25, 0.3) is 22.3 Å². The summed E-state index contributed by atoms with van der Waals surface area (Å²) in [6, 6.07) is 15.8. The van der Waals surface area contributed by atoms with Crippen molar-refractivity contribution >= 4 is 27.0 Å². The molecule has 0 saturated carbocycles. The first-order chi connectivity index (χ1) is 22.7. The smallest absolute Gasteiger partial charge is 0.335 e. The lowest BCUT2D eigenvalue weighted by molar-refractivity contribution is -0.102. The number of methoxy groups -OCH3 is 1. The van der Waals surface area contributed by atoms with Crippen LogP contribution in [0.15, 0.2) is 66.7 Å². The Hall–Kier alpha value is -4.79. The lowest BCUT2D eigenvalue weighted by atomic mass is 9.96. The van der Waals surface area contributed by atoms with E-state index in [2.05, 4.69) is 9.97 Å². The Balaban J connectivity index is 1.30. The molecule has 0 amide bonds. The van der Waals surface area contributed by atoms with Crippen molar-refractivity contribution in [3.8, 4) is 17.1 Å². The summed E-state index contributed by atoms with van der Waals surface area (Å²) in [5, 5.41) is 9.60. The summed E-state index contributed by atoms with van der Waals surface area (Å²) in [4.78, 5) is 20.7. The Morgan fingerprint density at radius 3 is 2.40 bits per heavy atom. The third kappa shape index (κ3) is 6.64. The van der Waals surface area contributed by atoms with Gasteiger partial charge >= 0.3 is 5.97 Å². The largest absolute Gasteiger partial charge is 0.478 e. The van der Waals surface area contributed by atoms with Gasteiger partial charge in [0.05, 0.1) is 35.1 Å². The summed E-state index contributed by atoms with van der Waals surface area (Å²) in [5.41, 5.74) is 0.937. The van der Waals surface area contributed by atoms with Gasteiger partial charge < -0.3 is 19.1 Å². The monoisotopic (exact) mass is 680 g/mol. The molecule has 1 aliphatic rings. The number of carboxylic acids is 1. The molecule has 0 bridgehead atoms. The predicted octanol–water partition coefficient (Wildman–Crippen LogP) is 5.35. The number of sulfonamides is 1. The molecule has 48 heavy (non-hydrogen) atoms. The Labute approximate surface area is 274 Å². The van der Waals surface area contributed by atoms with Gasteiger partial charge in [-0.05, 0) is 60.5 Å². The molecule has 3 heterocycles. The zero-order chi connectivity index (χ0) is 34.4. The normalized spacial score (nSPS) is 14.6. The average molecular weight is 681 g/mol. The van der Waals surface area contributed by atoms with Crippen LogP contribution >= 0.6 is 0 Å². The molecule has 0 aliphatic carbocycles. The molecule has 14 heteroatoms. The Morgan fingerprint density at radius 2 is 1.71 bits per heavy atom. The van der Waals surface area contributed by atoms with Crippen molar-refractivity contribution in [2.75, 3.05) is 26.5 Å². The van der Waals surface area contributed by atoms with E-state index in [0.29, 0.717) is 22.4 Å². The van der Waals surface area contributed by atoms with E-state index in [-0.39, 0.29) is 60.9 Å². The number of aryl methyl sites for hydroxylation is 1. The molecule has 0 radical (unpaired) electrons. The average Bonchev–Trinajstić information content (AvgIpc) is 3.35. The molecule has 0 spiro atoms. The molecule has 2 aromatic heterocycles. The van der Waals surface area contributed by atoms with Crippen LogP contribution in [-0.2, 0) is 34.3 Å². The van der Waals surface area contributed by atoms with E-state index in [1.54, 1.807) is 29.7 Å². The lowest BCUT2D eigenvalue weighted by Gasteiger charge is -2.47. The third-order valence-electron chi connectivity index (χ3n) is 8.42. The number of carbonyl (C=O) groups is 1. The molecule has 5 aromatic rings. The van der Waals surface area contributed by atoms with Crippen LogP contribution in [0.4, 0.5) is 13.2 Å². The number of imidazole rings is 1. The fraction of sp³-hybridized carbons (Fsp3) is 0.265. The second kappa shape index (κ2) is 12.7. The van der Waals surface area contributed by atoms with E-state index in [1.807, 2.05) is 0 Å². The number of pyridine rings is 1. The molecule has 0 atom stereocenters.